The highest BCUT2D eigenvalue weighted by Crippen LogP contribution is 2.34. The van der Waals surface area contributed by atoms with Gasteiger partial charge in [-0.05, 0) is 41.1 Å². The molecule has 0 bridgehead atoms. The lowest BCUT2D eigenvalue weighted by atomic mass is 10.0. The van der Waals surface area contributed by atoms with E-state index in [2.05, 4.69) is 46.7 Å². The highest BCUT2D eigenvalue weighted by atomic mass is 33.1. The molecule has 1 aromatic heterocycles. The van der Waals surface area contributed by atoms with E-state index in [0.717, 1.165) is 21.4 Å². The molecule has 0 atom stereocenters. The van der Waals surface area contributed by atoms with Crippen LogP contribution in [0.2, 0.25) is 0 Å². The molecule has 3 nitrogen and oxygen atoms in total. The van der Waals surface area contributed by atoms with Crippen LogP contribution in [-0.2, 0) is 6.54 Å². The lowest BCUT2D eigenvalue weighted by molar-refractivity contribution is 0.0952. The minimum Gasteiger partial charge on any atom is -0.348 e. The summed E-state index contributed by atoms with van der Waals surface area (Å²) in [4.78, 5) is 18.4. The van der Waals surface area contributed by atoms with Crippen molar-refractivity contribution in [3.63, 3.8) is 0 Å². The van der Waals surface area contributed by atoms with E-state index in [9.17, 15) is 4.79 Å². The monoisotopic (exact) mass is 416 g/mol. The van der Waals surface area contributed by atoms with Crippen LogP contribution >= 0.6 is 21.6 Å². The van der Waals surface area contributed by atoms with Crippen LogP contribution in [0.25, 0.3) is 22.0 Å². The second-order valence-electron chi connectivity index (χ2n) is 6.51. The lowest BCUT2D eigenvalue weighted by Gasteiger charge is -2.10. The van der Waals surface area contributed by atoms with E-state index in [1.165, 1.54) is 11.1 Å². The first-order valence-electron chi connectivity index (χ1n) is 9.27. The largest absolute Gasteiger partial charge is 0.348 e. The number of carbonyl (C=O) groups excluding carboxylic acids is 1. The van der Waals surface area contributed by atoms with E-state index in [4.69, 9.17) is 0 Å². The van der Waals surface area contributed by atoms with Gasteiger partial charge in [0.1, 0.15) is 0 Å². The fraction of sp³-hybridized carbons (Fsp3) is 0.0833. The second kappa shape index (κ2) is 9.16. The van der Waals surface area contributed by atoms with Crippen LogP contribution in [0.3, 0.4) is 0 Å². The molecule has 0 aliphatic heterocycles. The average molecular weight is 417 g/mol. The Morgan fingerprint density at radius 1 is 0.897 bits per heavy atom. The molecule has 1 N–H and O–H groups in total. The Bertz CT molecular complexity index is 1130. The van der Waals surface area contributed by atoms with Crippen molar-refractivity contribution in [1.29, 1.82) is 0 Å². The van der Waals surface area contributed by atoms with E-state index in [1.54, 1.807) is 27.8 Å². The van der Waals surface area contributed by atoms with Gasteiger partial charge >= 0.3 is 0 Å². The zero-order chi connectivity index (χ0) is 20.1. The molecule has 0 saturated carbocycles. The van der Waals surface area contributed by atoms with Gasteiger partial charge in [0.2, 0.25) is 0 Å². The fourth-order valence-electron chi connectivity index (χ4n) is 3.22. The quantitative estimate of drug-likeness (QED) is 0.380. The molecular weight excluding hydrogens is 396 g/mol. The third-order valence-corrected chi connectivity index (χ3v) is 6.38. The van der Waals surface area contributed by atoms with Crippen molar-refractivity contribution < 1.29 is 4.79 Å². The van der Waals surface area contributed by atoms with E-state index >= 15 is 0 Å². The van der Waals surface area contributed by atoms with Crippen LogP contribution in [0.4, 0.5) is 0 Å². The van der Waals surface area contributed by atoms with Crippen LogP contribution in [0, 0.1) is 0 Å². The summed E-state index contributed by atoms with van der Waals surface area (Å²) in [6.07, 6.45) is 3.80. The summed E-state index contributed by atoms with van der Waals surface area (Å²) in [6, 6.07) is 26.2. The number of amides is 1. The topological polar surface area (TPSA) is 42.0 Å². The zero-order valence-corrected chi connectivity index (χ0v) is 17.6. The summed E-state index contributed by atoms with van der Waals surface area (Å²) >= 11 is 0. The molecule has 0 unspecified atom stereocenters. The smallest absolute Gasteiger partial charge is 0.252 e. The average Bonchev–Trinajstić information content (AvgIpc) is 2.79. The zero-order valence-electron chi connectivity index (χ0n) is 16.0. The fourth-order valence-corrected chi connectivity index (χ4v) is 4.71. The molecule has 1 amide bonds. The Hall–Kier alpha value is -2.76. The number of hydrogen-bond acceptors (Lipinski definition) is 4. The van der Waals surface area contributed by atoms with Gasteiger partial charge in [0.25, 0.3) is 5.91 Å². The van der Waals surface area contributed by atoms with Crippen LogP contribution in [0.5, 0.6) is 0 Å². The first-order chi connectivity index (χ1) is 14.3. The summed E-state index contributed by atoms with van der Waals surface area (Å²) in [5.74, 6) is -0.0872. The Morgan fingerprint density at radius 2 is 1.66 bits per heavy atom. The Balaban J connectivity index is 1.50. The Labute approximate surface area is 178 Å². The normalized spacial score (nSPS) is 10.8. The second-order valence-corrected chi connectivity index (χ2v) is 8.95. The number of fused-ring (bicyclic) bond motifs is 1. The first kappa shape index (κ1) is 19.6. The number of nitrogens with zero attached hydrogens (tertiary/aromatic N) is 1. The van der Waals surface area contributed by atoms with Crippen molar-refractivity contribution in [2.75, 3.05) is 6.26 Å². The van der Waals surface area contributed by atoms with E-state index in [0.29, 0.717) is 12.1 Å². The summed E-state index contributed by atoms with van der Waals surface area (Å²) in [5, 5.41) is 3.92. The van der Waals surface area contributed by atoms with Gasteiger partial charge in [-0.1, -0.05) is 82.3 Å². The van der Waals surface area contributed by atoms with Gasteiger partial charge in [0, 0.05) is 28.6 Å². The van der Waals surface area contributed by atoms with Gasteiger partial charge in [0.15, 0.2) is 0 Å². The Morgan fingerprint density at radius 3 is 2.41 bits per heavy atom. The molecule has 0 saturated heterocycles. The molecule has 0 fully saturated rings. The third kappa shape index (κ3) is 4.47. The van der Waals surface area contributed by atoms with E-state index in [1.807, 2.05) is 48.7 Å². The molecule has 1 heterocycles. The molecule has 4 rings (SSSR count). The van der Waals surface area contributed by atoms with Gasteiger partial charge in [-0.2, -0.15) is 0 Å². The molecule has 144 valence electrons. The molecular formula is C24H20N2OS2. The highest BCUT2D eigenvalue weighted by Gasteiger charge is 2.13. The maximum Gasteiger partial charge on any atom is 0.252 e. The summed E-state index contributed by atoms with van der Waals surface area (Å²) in [6.45, 7) is 0.483. The molecule has 0 spiro atoms. The maximum atomic E-state index is 12.8. The number of aromatic nitrogens is 1. The first-order valence-corrected chi connectivity index (χ1v) is 11.8. The summed E-state index contributed by atoms with van der Waals surface area (Å²) in [7, 11) is 3.32. The SMILES string of the molecule is CSSc1ccc(C(=O)NCc2ccc(-c3ccccc3)cc2)c2cccnc12. The minimum absolute atomic E-state index is 0.0872. The van der Waals surface area contributed by atoms with Crippen molar-refractivity contribution in [3.8, 4) is 11.1 Å². The predicted octanol–water partition coefficient (Wildman–Crippen LogP) is 6.20. The number of carbonyl (C=O) groups is 1. The number of nitrogens with one attached hydrogen (secondary N) is 1. The van der Waals surface area contributed by atoms with E-state index < -0.39 is 0 Å². The van der Waals surface area contributed by atoms with Crippen molar-refractivity contribution in [2.45, 2.75) is 11.4 Å². The van der Waals surface area contributed by atoms with Crippen molar-refractivity contribution in [2.24, 2.45) is 0 Å². The van der Waals surface area contributed by atoms with Crippen LogP contribution in [0.1, 0.15) is 15.9 Å². The number of hydrogen-bond donors (Lipinski definition) is 1. The van der Waals surface area contributed by atoms with E-state index in [-0.39, 0.29) is 5.91 Å². The van der Waals surface area contributed by atoms with Gasteiger partial charge in [-0.25, -0.2) is 0 Å². The number of rotatable bonds is 6. The molecule has 4 aromatic rings. The van der Waals surface area contributed by atoms with Gasteiger partial charge in [0.05, 0.1) is 5.52 Å². The third-order valence-electron chi connectivity index (χ3n) is 4.66. The van der Waals surface area contributed by atoms with Crippen molar-refractivity contribution in [3.05, 3.63) is 96.2 Å². The van der Waals surface area contributed by atoms with Crippen LogP contribution in [-0.4, -0.2) is 17.1 Å². The van der Waals surface area contributed by atoms with Gasteiger partial charge in [-0.3, -0.25) is 9.78 Å². The summed E-state index contributed by atoms with van der Waals surface area (Å²) in [5.41, 5.74) is 4.94. The predicted molar refractivity (Wildman–Crippen MR) is 124 cm³/mol. The standard InChI is InChI=1S/C24H20N2OS2/c1-28-29-22-14-13-21(20-8-5-15-25-23(20)22)24(27)26-16-17-9-11-19(12-10-17)18-6-3-2-4-7-18/h2-15H,16H2,1H3,(H,26,27). The molecule has 3 aromatic carbocycles. The van der Waals surface area contributed by atoms with Gasteiger partial charge in [-0.15, -0.1) is 0 Å². The summed E-state index contributed by atoms with van der Waals surface area (Å²) < 4.78 is 0. The van der Waals surface area contributed by atoms with Crippen LogP contribution < -0.4 is 5.32 Å². The number of pyridine rings is 1. The molecule has 0 radical (unpaired) electrons. The maximum absolute atomic E-state index is 12.8. The van der Waals surface area contributed by atoms with Crippen molar-refractivity contribution >= 4 is 38.4 Å². The molecule has 0 aliphatic carbocycles. The molecule has 29 heavy (non-hydrogen) atoms. The van der Waals surface area contributed by atoms with Crippen LogP contribution in [0.15, 0.2) is 90.0 Å². The molecule has 0 aliphatic rings. The number of benzene rings is 3. The lowest BCUT2D eigenvalue weighted by Crippen LogP contribution is -2.23. The van der Waals surface area contributed by atoms with Crippen molar-refractivity contribution in [1.82, 2.24) is 10.3 Å². The minimum atomic E-state index is -0.0872. The highest BCUT2D eigenvalue weighted by molar-refractivity contribution is 8.76. The Kier molecular flexibility index (Phi) is 6.17. The van der Waals surface area contributed by atoms with Gasteiger partial charge < -0.3 is 5.32 Å². The molecule has 5 heteroatoms.